The molecule has 76 valence electrons. The van der Waals surface area contributed by atoms with E-state index in [1.807, 2.05) is 7.05 Å². The maximum Gasteiger partial charge on any atom is 0.166 e. The normalized spacial score (nSPS) is 28.2. The summed E-state index contributed by atoms with van der Waals surface area (Å²) in [6.45, 7) is 4.97. The van der Waals surface area contributed by atoms with Crippen LogP contribution in [-0.4, -0.2) is 31.9 Å². The van der Waals surface area contributed by atoms with E-state index in [9.17, 15) is 0 Å². The molecule has 0 aliphatic carbocycles. The molecule has 2 N–H and O–H groups in total. The molecule has 0 bridgehead atoms. The fourth-order valence-corrected chi connectivity index (χ4v) is 1.62. The highest BCUT2D eigenvalue weighted by molar-refractivity contribution is 7.80. The number of ether oxygens (including phenoxy) is 1. The molecule has 3 nitrogen and oxygen atoms in total. The fraction of sp³-hybridized carbons (Fsp3) is 0.889. The Hall–Kier alpha value is -0.350. The third-order valence-corrected chi connectivity index (χ3v) is 2.92. The van der Waals surface area contributed by atoms with Crippen molar-refractivity contribution in [2.45, 2.75) is 13.3 Å². The lowest BCUT2D eigenvalue weighted by atomic mass is 9.90. The lowest BCUT2D eigenvalue weighted by Gasteiger charge is -2.29. The van der Waals surface area contributed by atoms with Gasteiger partial charge in [-0.15, -0.1) is 0 Å². The molecule has 0 aromatic carbocycles. The van der Waals surface area contributed by atoms with Gasteiger partial charge in [0.1, 0.15) is 0 Å². The molecular formula is C9H18N2OS. The Labute approximate surface area is 85.2 Å². The summed E-state index contributed by atoms with van der Waals surface area (Å²) in [5, 5.41) is 6.84. The Morgan fingerprint density at radius 1 is 1.62 bits per heavy atom. The van der Waals surface area contributed by atoms with E-state index in [2.05, 4.69) is 17.6 Å². The van der Waals surface area contributed by atoms with Crippen LogP contribution in [0.4, 0.5) is 0 Å². The van der Waals surface area contributed by atoms with Crippen LogP contribution in [0, 0.1) is 11.8 Å². The number of nitrogens with one attached hydrogen (secondary N) is 2. The summed E-state index contributed by atoms with van der Waals surface area (Å²) in [5.41, 5.74) is 0. The van der Waals surface area contributed by atoms with E-state index in [0.717, 1.165) is 31.3 Å². The quantitative estimate of drug-likeness (QED) is 0.648. The Morgan fingerprint density at radius 3 is 3.00 bits per heavy atom. The molecule has 0 radical (unpaired) electrons. The molecule has 0 spiro atoms. The summed E-state index contributed by atoms with van der Waals surface area (Å²) in [4.78, 5) is 0. The average Bonchev–Trinajstić information content (AvgIpc) is 2.16. The van der Waals surface area contributed by atoms with Crippen molar-refractivity contribution in [1.29, 1.82) is 0 Å². The Bertz CT molecular complexity index is 175. The summed E-state index contributed by atoms with van der Waals surface area (Å²) in [6.07, 6.45) is 1.14. The first-order valence-corrected chi connectivity index (χ1v) is 5.18. The molecule has 0 aromatic rings. The first-order valence-electron chi connectivity index (χ1n) is 4.77. The molecule has 2 atom stereocenters. The molecule has 0 amide bonds. The van der Waals surface area contributed by atoms with Crippen LogP contribution in [-0.2, 0) is 4.74 Å². The van der Waals surface area contributed by atoms with Crippen molar-refractivity contribution in [2.24, 2.45) is 11.8 Å². The van der Waals surface area contributed by atoms with Crippen LogP contribution in [0.3, 0.4) is 0 Å². The van der Waals surface area contributed by atoms with Crippen LogP contribution >= 0.6 is 12.2 Å². The van der Waals surface area contributed by atoms with Crippen LogP contribution in [0.15, 0.2) is 0 Å². The first kappa shape index (κ1) is 10.7. The van der Waals surface area contributed by atoms with Crippen molar-refractivity contribution in [1.82, 2.24) is 10.6 Å². The number of hydrogen-bond donors (Lipinski definition) is 2. The van der Waals surface area contributed by atoms with E-state index >= 15 is 0 Å². The van der Waals surface area contributed by atoms with Gasteiger partial charge in [-0.05, 0) is 30.5 Å². The zero-order valence-corrected chi connectivity index (χ0v) is 9.12. The van der Waals surface area contributed by atoms with Gasteiger partial charge in [0, 0.05) is 26.8 Å². The van der Waals surface area contributed by atoms with Gasteiger partial charge in [0.2, 0.25) is 0 Å². The number of rotatable bonds is 2. The molecule has 1 saturated heterocycles. The standard InChI is InChI=1S/C9H18N2OS/c1-7-6-12-4-3-8(7)5-11-9(13)10-2/h7-8H,3-6H2,1-2H3,(H2,10,11,13). The molecule has 1 fully saturated rings. The Balaban J connectivity index is 2.22. The van der Waals surface area contributed by atoms with Crippen molar-refractivity contribution in [3.05, 3.63) is 0 Å². The second-order valence-corrected chi connectivity index (χ2v) is 3.97. The minimum Gasteiger partial charge on any atom is -0.381 e. The van der Waals surface area contributed by atoms with E-state index in [-0.39, 0.29) is 0 Å². The largest absolute Gasteiger partial charge is 0.381 e. The Morgan fingerprint density at radius 2 is 2.38 bits per heavy atom. The van der Waals surface area contributed by atoms with Crippen molar-refractivity contribution in [3.8, 4) is 0 Å². The Kier molecular flexibility index (Phi) is 4.45. The van der Waals surface area contributed by atoms with Crippen molar-refractivity contribution >= 4 is 17.3 Å². The lowest BCUT2D eigenvalue weighted by molar-refractivity contribution is 0.0258. The lowest BCUT2D eigenvalue weighted by Crippen LogP contribution is -2.39. The molecule has 1 heterocycles. The van der Waals surface area contributed by atoms with E-state index in [1.54, 1.807) is 0 Å². The minimum atomic E-state index is 0.640. The maximum absolute atomic E-state index is 5.37. The van der Waals surface area contributed by atoms with Crippen molar-refractivity contribution in [3.63, 3.8) is 0 Å². The van der Waals surface area contributed by atoms with E-state index in [4.69, 9.17) is 17.0 Å². The van der Waals surface area contributed by atoms with Crippen LogP contribution in [0.25, 0.3) is 0 Å². The van der Waals surface area contributed by atoms with E-state index < -0.39 is 0 Å². The maximum atomic E-state index is 5.37. The molecule has 1 aliphatic rings. The molecule has 2 unspecified atom stereocenters. The second-order valence-electron chi connectivity index (χ2n) is 3.56. The molecule has 4 heteroatoms. The number of hydrogen-bond acceptors (Lipinski definition) is 2. The van der Waals surface area contributed by atoms with Crippen LogP contribution in [0.2, 0.25) is 0 Å². The molecule has 0 saturated carbocycles. The highest BCUT2D eigenvalue weighted by atomic mass is 32.1. The van der Waals surface area contributed by atoms with Gasteiger partial charge in [-0.25, -0.2) is 0 Å². The topological polar surface area (TPSA) is 33.3 Å². The SMILES string of the molecule is CNC(=S)NCC1CCOCC1C. The molecule has 0 aromatic heterocycles. The van der Waals surface area contributed by atoms with Gasteiger partial charge in [-0.1, -0.05) is 6.92 Å². The van der Waals surface area contributed by atoms with Gasteiger partial charge in [0.15, 0.2) is 5.11 Å². The predicted molar refractivity (Wildman–Crippen MR) is 57.8 cm³/mol. The van der Waals surface area contributed by atoms with Gasteiger partial charge in [-0.3, -0.25) is 0 Å². The van der Waals surface area contributed by atoms with Crippen LogP contribution in [0.5, 0.6) is 0 Å². The highest BCUT2D eigenvalue weighted by Crippen LogP contribution is 2.20. The summed E-state index contributed by atoms with van der Waals surface area (Å²) >= 11 is 5.01. The number of thiocarbonyl (C=S) groups is 1. The highest BCUT2D eigenvalue weighted by Gasteiger charge is 2.21. The zero-order chi connectivity index (χ0) is 9.68. The van der Waals surface area contributed by atoms with Crippen molar-refractivity contribution < 1.29 is 4.74 Å². The molecule has 1 aliphatic heterocycles. The van der Waals surface area contributed by atoms with Gasteiger partial charge in [-0.2, -0.15) is 0 Å². The summed E-state index contributed by atoms with van der Waals surface area (Å²) in [5.74, 6) is 1.33. The summed E-state index contributed by atoms with van der Waals surface area (Å²) < 4.78 is 5.37. The van der Waals surface area contributed by atoms with E-state index in [0.29, 0.717) is 11.8 Å². The van der Waals surface area contributed by atoms with Crippen molar-refractivity contribution in [2.75, 3.05) is 26.8 Å². The molecule has 13 heavy (non-hydrogen) atoms. The summed E-state index contributed by atoms with van der Waals surface area (Å²) in [7, 11) is 1.84. The second kappa shape index (κ2) is 5.40. The average molecular weight is 202 g/mol. The minimum absolute atomic E-state index is 0.640. The smallest absolute Gasteiger partial charge is 0.166 e. The zero-order valence-electron chi connectivity index (χ0n) is 8.30. The third kappa shape index (κ3) is 3.48. The van der Waals surface area contributed by atoms with E-state index in [1.165, 1.54) is 0 Å². The summed E-state index contributed by atoms with van der Waals surface area (Å²) in [6, 6.07) is 0. The van der Waals surface area contributed by atoms with Gasteiger partial charge in [0.25, 0.3) is 0 Å². The first-order chi connectivity index (χ1) is 6.24. The van der Waals surface area contributed by atoms with Gasteiger partial charge < -0.3 is 15.4 Å². The fourth-order valence-electron chi connectivity index (χ4n) is 1.54. The predicted octanol–water partition coefficient (Wildman–Crippen LogP) is 0.753. The van der Waals surface area contributed by atoms with Gasteiger partial charge >= 0.3 is 0 Å². The monoisotopic (exact) mass is 202 g/mol. The molecule has 1 rings (SSSR count). The third-order valence-electron chi connectivity index (χ3n) is 2.57. The van der Waals surface area contributed by atoms with Crippen LogP contribution in [0.1, 0.15) is 13.3 Å². The molecular weight excluding hydrogens is 184 g/mol. The van der Waals surface area contributed by atoms with Gasteiger partial charge in [0.05, 0.1) is 0 Å². The van der Waals surface area contributed by atoms with Crippen LogP contribution < -0.4 is 10.6 Å².